The van der Waals surface area contributed by atoms with Gasteiger partial charge in [0.05, 0.1) is 6.61 Å². The predicted molar refractivity (Wildman–Crippen MR) is 54.5 cm³/mol. The minimum absolute atomic E-state index is 0.160. The molecule has 0 radical (unpaired) electrons. The molecule has 0 saturated heterocycles. The van der Waals surface area contributed by atoms with Gasteiger partial charge >= 0.3 is 5.97 Å². The first-order valence-electron chi connectivity index (χ1n) is 4.81. The van der Waals surface area contributed by atoms with E-state index in [-0.39, 0.29) is 17.7 Å². The number of hydrogen-bond acceptors (Lipinski definition) is 2. The molecule has 0 spiro atoms. The lowest BCUT2D eigenvalue weighted by Crippen LogP contribution is -2.18. The van der Waals surface area contributed by atoms with E-state index >= 15 is 0 Å². The maximum atomic E-state index is 12.7. The van der Waals surface area contributed by atoms with Crippen molar-refractivity contribution in [2.45, 2.75) is 6.92 Å². The zero-order valence-corrected chi connectivity index (χ0v) is 8.37. The zero-order valence-electron chi connectivity index (χ0n) is 8.37. The smallest absolute Gasteiger partial charge is 0.331 e. The number of hydrogen-bond donors (Lipinski definition) is 0. The van der Waals surface area contributed by atoms with Crippen LogP contribution < -0.4 is 0 Å². The fraction of sp³-hybridized carbons (Fsp3) is 0.250. The standard InChI is InChI=1S/C12H11FO2/c1-8-7-15-12(14)6-11(8)9-2-4-10(13)5-3-9/h2-6,8H,7H2,1H3. The molecule has 0 N–H and O–H groups in total. The number of esters is 1. The van der Waals surface area contributed by atoms with Gasteiger partial charge in [-0.15, -0.1) is 0 Å². The molecular formula is C12H11FO2. The molecule has 1 aromatic rings. The Hall–Kier alpha value is -1.64. The number of rotatable bonds is 1. The Morgan fingerprint density at radius 3 is 2.67 bits per heavy atom. The first kappa shape index (κ1) is 9.90. The van der Waals surface area contributed by atoms with Crippen LogP contribution in [0.5, 0.6) is 0 Å². The summed E-state index contributed by atoms with van der Waals surface area (Å²) in [7, 11) is 0. The summed E-state index contributed by atoms with van der Waals surface area (Å²) < 4.78 is 17.6. The molecule has 0 fully saturated rings. The highest BCUT2D eigenvalue weighted by molar-refractivity contribution is 5.93. The highest BCUT2D eigenvalue weighted by Gasteiger charge is 2.19. The largest absolute Gasteiger partial charge is 0.462 e. The molecular weight excluding hydrogens is 195 g/mol. The lowest BCUT2D eigenvalue weighted by atomic mass is 9.93. The molecule has 1 unspecified atom stereocenters. The lowest BCUT2D eigenvalue weighted by Gasteiger charge is -2.20. The number of ether oxygens (including phenoxy) is 1. The topological polar surface area (TPSA) is 26.3 Å². The Morgan fingerprint density at radius 2 is 2.00 bits per heavy atom. The van der Waals surface area contributed by atoms with Gasteiger partial charge in [-0.3, -0.25) is 0 Å². The van der Waals surface area contributed by atoms with Crippen molar-refractivity contribution >= 4 is 11.5 Å². The van der Waals surface area contributed by atoms with E-state index in [0.29, 0.717) is 6.61 Å². The van der Waals surface area contributed by atoms with Crippen molar-refractivity contribution in [3.8, 4) is 0 Å². The molecule has 1 aliphatic heterocycles. The van der Waals surface area contributed by atoms with Crippen molar-refractivity contribution in [2.24, 2.45) is 5.92 Å². The number of carbonyl (C=O) groups is 1. The normalized spacial score (nSPS) is 20.8. The van der Waals surface area contributed by atoms with Gasteiger partial charge in [0.2, 0.25) is 0 Å². The third-order valence-electron chi connectivity index (χ3n) is 2.46. The van der Waals surface area contributed by atoms with Gasteiger partial charge in [0.15, 0.2) is 0 Å². The van der Waals surface area contributed by atoms with E-state index in [0.717, 1.165) is 11.1 Å². The second-order valence-electron chi connectivity index (χ2n) is 3.64. The van der Waals surface area contributed by atoms with Gasteiger partial charge < -0.3 is 4.74 Å². The molecule has 15 heavy (non-hydrogen) atoms. The second-order valence-corrected chi connectivity index (χ2v) is 3.64. The highest BCUT2D eigenvalue weighted by Crippen LogP contribution is 2.26. The van der Waals surface area contributed by atoms with E-state index < -0.39 is 0 Å². The molecule has 0 aromatic heterocycles. The van der Waals surface area contributed by atoms with Crippen molar-refractivity contribution in [3.05, 3.63) is 41.7 Å². The van der Waals surface area contributed by atoms with Crippen molar-refractivity contribution in [1.82, 2.24) is 0 Å². The Balaban J connectivity index is 2.36. The van der Waals surface area contributed by atoms with Crippen molar-refractivity contribution in [3.63, 3.8) is 0 Å². The van der Waals surface area contributed by atoms with Crippen LogP contribution >= 0.6 is 0 Å². The molecule has 78 valence electrons. The van der Waals surface area contributed by atoms with Crippen LogP contribution in [-0.2, 0) is 9.53 Å². The molecule has 2 rings (SSSR count). The third-order valence-corrected chi connectivity index (χ3v) is 2.46. The Kier molecular flexibility index (Phi) is 2.54. The fourth-order valence-electron chi connectivity index (χ4n) is 1.62. The molecule has 0 amide bonds. The van der Waals surface area contributed by atoms with Gasteiger partial charge in [-0.1, -0.05) is 19.1 Å². The van der Waals surface area contributed by atoms with Crippen LogP contribution in [0.3, 0.4) is 0 Å². The summed E-state index contributed by atoms with van der Waals surface area (Å²) in [6.45, 7) is 2.36. The van der Waals surface area contributed by atoms with Crippen molar-refractivity contribution in [2.75, 3.05) is 6.61 Å². The quantitative estimate of drug-likeness (QED) is 0.659. The Labute approximate surface area is 87.4 Å². The molecule has 1 atom stereocenters. The minimum atomic E-state index is -0.326. The van der Waals surface area contributed by atoms with Crippen LogP contribution in [0.25, 0.3) is 5.57 Å². The average Bonchev–Trinajstić information content (AvgIpc) is 2.23. The monoisotopic (exact) mass is 206 g/mol. The van der Waals surface area contributed by atoms with Crippen LogP contribution in [-0.4, -0.2) is 12.6 Å². The molecule has 3 heteroatoms. The van der Waals surface area contributed by atoms with E-state index in [9.17, 15) is 9.18 Å². The minimum Gasteiger partial charge on any atom is -0.462 e. The van der Waals surface area contributed by atoms with Gasteiger partial charge in [-0.05, 0) is 23.3 Å². The number of halogens is 1. The summed E-state index contributed by atoms with van der Waals surface area (Å²) in [5.41, 5.74) is 1.78. The molecule has 0 bridgehead atoms. The first-order valence-corrected chi connectivity index (χ1v) is 4.81. The zero-order chi connectivity index (χ0) is 10.8. The Bertz CT molecular complexity index is 406. The van der Waals surface area contributed by atoms with Crippen LogP contribution in [0.2, 0.25) is 0 Å². The van der Waals surface area contributed by atoms with E-state index in [1.807, 2.05) is 6.92 Å². The van der Waals surface area contributed by atoms with E-state index in [2.05, 4.69) is 0 Å². The van der Waals surface area contributed by atoms with Crippen LogP contribution in [0.4, 0.5) is 4.39 Å². The van der Waals surface area contributed by atoms with Gasteiger partial charge in [-0.25, -0.2) is 9.18 Å². The van der Waals surface area contributed by atoms with Crippen molar-refractivity contribution in [1.29, 1.82) is 0 Å². The average molecular weight is 206 g/mol. The van der Waals surface area contributed by atoms with Gasteiger partial charge in [0.1, 0.15) is 5.82 Å². The molecule has 1 heterocycles. The molecule has 0 saturated carbocycles. The van der Waals surface area contributed by atoms with Gasteiger partial charge in [0, 0.05) is 12.0 Å². The molecule has 1 aliphatic rings. The van der Waals surface area contributed by atoms with Crippen LogP contribution in [0.1, 0.15) is 12.5 Å². The SMILES string of the molecule is CC1COC(=O)C=C1c1ccc(F)cc1. The summed E-state index contributed by atoms with van der Waals surface area (Å²) >= 11 is 0. The lowest BCUT2D eigenvalue weighted by molar-refractivity contribution is -0.139. The van der Waals surface area contributed by atoms with Crippen LogP contribution in [0, 0.1) is 11.7 Å². The fourth-order valence-corrected chi connectivity index (χ4v) is 1.62. The second kappa shape index (κ2) is 3.85. The molecule has 0 aliphatic carbocycles. The van der Waals surface area contributed by atoms with E-state index in [1.165, 1.54) is 18.2 Å². The predicted octanol–water partition coefficient (Wildman–Crippen LogP) is 2.40. The Morgan fingerprint density at radius 1 is 1.33 bits per heavy atom. The van der Waals surface area contributed by atoms with Gasteiger partial charge in [0.25, 0.3) is 0 Å². The van der Waals surface area contributed by atoms with E-state index in [1.54, 1.807) is 12.1 Å². The summed E-state index contributed by atoms with van der Waals surface area (Å²) in [6.07, 6.45) is 1.47. The number of benzene rings is 1. The molecule has 1 aromatic carbocycles. The molecule has 2 nitrogen and oxygen atoms in total. The highest BCUT2D eigenvalue weighted by atomic mass is 19.1. The van der Waals surface area contributed by atoms with Crippen LogP contribution in [0.15, 0.2) is 30.3 Å². The summed E-state index contributed by atoms with van der Waals surface area (Å²) in [6, 6.07) is 6.14. The summed E-state index contributed by atoms with van der Waals surface area (Å²) in [4.78, 5) is 11.1. The van der Waals surface area contributed by atoms with Gasteiger partial charge in [-0.2, -0.15) is 0 Å². The summed E-state index contributed by atoms with van der Waals surface area (Å²) in [5.74, 6) is -0.439. The number of carbonyl (C=O) groups excluding carboxylic acids is 1. The summed E-state index contributed by atoms with van der Waals surface area (Å²) in [5, 5.41) is 0. The first-order chi connectivity index (χ1) is 7.16. The van der Waals surface area contributed by atoms with E-state index in [4.69, 9.17) is 4.74 Å². The third kappa shape index (κ3) is 2.06. The maximum Gasteiger partial charge on any atom is 0.331 e. The van der Waals surface area contributed by atoms with Crippen molar-refractivity contribution < 1.29 is 13.9 Å². The number of cyclic esters (lactones) is 1. The maximum absolute atomic E-state index is 12.7.